The van der Waals surface area contributed by atoms with Gasteiger partial charge in [0.2, 0.25) is 0 Å². The summed E-state index contributed by atoms with van der Waals surface area (Å²) in [6, 6.07) is 9.49. The van der Waals surface area contributed by atoms with Crippen LogP contribution >= 0.6 is 0 Å². The standard InChI is InChI=1S/C18H21N3O2/c1-5-20-15-8-6-7-9-16(15)21(18(20)23)11-17(22)14-10-12(2)19(4)13(14)3/h6-10H,5,11H2,1-4H3. The van der Waals surface area contributed by atoms with Gasteiger partial charge >= 0.3 is 5.69 Å². The molecule has 0 radical (unpaired) electrons. The molecule has 0 unspecified atom stereocenters. The van der Waals surface area contributed by atoms with Gasteiger partial charge in [-0.2, -0.15) is 0 Å². The molecule has 5 nitrogen and oxygen atoms in total. The average molecular weight is 311 g/mol. The molecule has 0 bridgehead atoms. The molecule has 2 heterocycles. The highest BCUT2D eigenvalue weighted by Gasteiger charge is 2.18. The third-order valence-corrected chi connectivity index (χ3v) is 4.62. The van der Waals surface area contributed by atoms with Crippen molar-refractivity contribution in [3.05, 3.63) is 57.8 Å². The van der Waals surface area contributed by atoms with Gasteiger partial charge in [-0.25, -0.2) is 4.79 Å². The lowest BCUT2D eigenvalue weighted by Gasteiger charge is -2.04. The molecule has 120 valence electrons. The summed E-state index contributed by atoms with van der Waals surface area (Å²) < 4.78 is 5.26. The first kappa shape index (κ1) is 15.3. The van der Waals surface area contributed by atoms with E-state index < -0.39 is 0 Å². The van der Waals surface area contributed by atoms with Crippen molar-refractivity contribution >= 4 is 16.8 Å². The van der Waals surface area contributed by atoms with E-state index in [1.54, 1.807) is 9.13 Å². The molecule has 0 saturated heterocycles. The van der Waals surface area contributed by atoms with E-state index >= 15 is 0 Å². The Morgan fingerprint density at radius 2 is 1.70 bits per heavy atom. The Morgan fingerprint density at radius 1 is 1.09 bits per heavy atom. The van der Waals surface area contributed by atoms with E-state index in [2.05, 4.69) is 0 Å². The van der Waals surface area contributed by atoms with Gasteiger partial charge in [-0.05, 0) is 39.0 Å². The topological polar surface area (TPSA) is 48.9 Å². The van der Waals surface area contributed by atoms with E-state index in [0.717, 1.165) is 22.4 Å². The number of aromatic nitrogens is 3. The number of Topliss-reactive ketones (excluding diaryl/α,β-unsaturated/α-hetero) is 1. The first-order valence-corrected chi connectivity index (χ1v) is 7.79. The van der Waals surface area contributed by atoms with Crippen LogP contribution in [-0.2, 0) is 20.1 Å². The third-order valence-electron chi connectivity index (χ3n) is 4.62. The minimum atomic E-state index is -0.132. The Hall–Kier alpha value is -2.56. The fourth-order valence-corrected chi connectivity index (χ4v) is 3.10. The molecule has 0 fully saturated rings. The second-order valence-electron chi connectivity index (χ2n) is 5.87. The third kappa shape index (κ3) is 2.32. The second-order valence-corrected chi connectivity index (χ2v) is 5.87. The Balaban J connectivity index is 2.08. The van der Waals surface area contributed by atoms with Crippen LogP contribution in [0, 0.1) is 13.8 Å². The van der Waals surface area contributed by atoms with Gasteiger partial charge in [-0.3, -0.25) is 13.9 Å². The zero-order valence-corrected chi connectivity index (χ0v) is 14.0. The van der Waals surface area contributed by atoms with Crippen molar-refractivity contribution in [1.29, 1.82) is 0 Å². The molecule has 3 aromatic rings. The highest BCUT2D eigenvalue weighted by molar-refractivity contribution is 5.98. The Morgan fingerprint density at radius 3 is 2.22 bits per heavy atom. The number of carbonyl (C=O) groups excluding carboxylic acids is 1. The van der Waals surface area contributed by atoms with Gasteiger partial charge in [0.05, 0.1) is 17.6 Å². The maximum absolute atomic E-state index is 12.7. The van der Waals surface area contributed by atoms with Crippen LogP contribution in [0.2, 0.25) is 0 Å². The van der Waals surface area contributed by atoms with E-state index in [-0.39, 0.29) is 18.0 Å². The first-order valence-electron chi connectivity index (χ1n) is 7.79. The summed E-state index contributed by atoms with van der Waals surface area (Å²) in [6.07, 6.45) is 0. The molecule has 0 aliphatic rings. The highest BCUT2D eigenvalue weighted by atomic mass is 16.2. The van der Waals surface area contributed by atoms with E-state index in [0.29, 0.717) is 12.1 Å². The molecule has 2 aromatic heterocycles. The molecule has 0 spiro atoms. The van der Waals surface area contributed by atoms with Crippen molar-refractivity contribution in [3.63, 3.8) is 0 Å². The molecule has 0 amide bonds. The van der Waals surface area contributed by atoms with Gasteiger partial charge in [0.25, 0.3) is 0 Å². The highest BCUT2D eigenvalue weighted by Crippen LogP contribution is 2.17. The largest absolute Gasteiger partial charge is 0.351 e. The summed E-state index contributed by atoms with van der Waals surface area (Å²) in [5.41, 5.74) is 4.19. The zero-order valence-electron chi connectivity index (χ0n) is 14.0. The van der Waals surface area contributed by atoms with Crippen molar-refractivity contribution in [2.45, 2.75) is 33.9 Å². The molecule has 3 rings (SSSR count). The van der Waals surface area contributed by atoms with Crippen molar-refractivity contribution in [2.75, 3.05) is 0 Å². The number of fused-ring (bicyclic) bond motifs is 1. The molecule has 0 saturated carbocycles. The van der Waals surface area contributed by atoms with Crippen LogP contribution in [0.1, 0.15) is 28.7 Å². The maximum Gasteiger partial charge on any atom is 0.329 e. The number of ketones is 1. The number of imidazole rings is 1. The molecular formula is C18H21N3O2. The van der Waals surface area contributed by atoms with Crippen LogP contribution in [0.4, 0.5) is 0 Å². The fourth-order valence-electron chi connectivity index (χ4n) is 3.10. The summed E-state index contributed by atoms with van der Waals surface area (Å²) in [5.74, 6) is -0.0349. The van der Waals surface area contributed by atoms with Gasteiger partial charge < -0.3 is 4.57 Å². The lowest BCUT2D eigenvalue weighted by Crippen LogP contribution is -2.26. The molecule has 0 aliphatic heterocycles. The zero-order chi connectivity index (χ0) is 16.7. The van der Waals surface area contributed by atoms with Gasteiger partial charge in [-0.1, -0.05) is 12.1 Å². The summed E-state index contributed by atoms with van der Waals surface area (Å²) in [7, 11) is 1.94. The Bertz CT molecular complexity index is 957. The molecule has 5 heteroatoms. The first-order chi connectivity index (χ1) is 11.0. The number of hydrogen-bond acceptors (Lipinski definition) is 2. The summed E-state index contributed by atoms with van der Waals surface area (Å²) in [5, 5.41) is 0. The predicted octanol–water partition coefficient (Wildman–Crippen LogP) is 2.66. The van der Waals surface area contributed by atoms with E-state index in [1.165, 1.54) is 0 Å². The molecule has 1 aromatic carbocycles. The summed E-state index contributed by atoms with van der Waals surface area (Å²) in [4.78, 5) is 25.3. The number of para-hydroxylation sites is 2. The minimum absolute atomic E-state index is 0.0349. The SMILES string of the molecule is CCn1c(=O)n(CC(=O)c2cc(C)n(C)c2C)c2ccccc21. The average Bonchev–Trinajstić information content (AvgIpc) is 2.96. The lowest BCUT2D eigenvalue weighted by molar-refractivity contribution is 0.0971. The second kappa shape index (κ2) is 5.57. The van der Waals surface area contributed by atoms with Crippen molar-refractivity contribution in [2.24, 2.45) is 7.05 Å². The monoisotopic (exact) mass is 311 g/mol. The van der Waals surface area contributed by atoms with Crippen LogP contribution in [-0.4, -0.2) is 19.5 Å². The van der Waals surface area contributed by atoms with Crippen LogP contribution in [0.25, 0.3) is 11.0 Å². The smallest absolute Gasteiger partial charge is 0.329 e. The van der Waals surface area contributed by atoms with Crippen LogP contribution in [0.3, 0.4) is 0 Å². The van der Waals surface area contributed by atoms with E-state index in [9.17, 15) is 9.59 Å². The molecule has 23 heavy (non-hydrogen) atoms. The lowest BCUT2D eigenvalue weighted by atomic mass is 10.1. The van der Waals surface area contributed by atoms with Crippen molar-refractivity contribution < 1.29 is 4.79 Å². The van der Waals surface area contributed by atoms with Crippen molar-refractivity contribution in [3.8, 4) is 0 Å². The quantitative estimate of drug-likeness (QED) is 0.696. The van der Waals surface area contributed by atoms with Crippen LogP contribution in [0.15, 0.2) is 35.1 Å². The van der Waals surface area contributed by atoms with E-state index in [1.807, 2.05) is 62.7 Å². The normalized spacial score (nSPS) is 11.3. The van der Waals surface area contributed by atoms with Gasteiger partial charge in [0.15, 0.2) is 5.78 Å². The number of rotatable bonds is 4. The molecular weight excluding hydrogens is 290 g/mol. The van der Waals surface area contributed by atoms with Gasteiger partial charge in [-0.15, -0.1) is 0 Å². The van der Waals surface area contributed by atoms with Crippen LogP contribution in [0.5, 0.6) is 0 Å². The number of hydrogen-bond donors (Lipinski definition) is 0. The van der Waals surface area contributed by atoms with Crippen LogP contribution < -0.4 is 5.69 Å². The van der Waals surface area contributed by atoms with Gasteiger partial charge in [0, 0.05) is 30.5 Å². The van der Waals surface area contributed by atoms with Gasteiger partial charge in [0.1, 0.15) is 0 Å². The number of aryl methyl sites for hydroxylation is 2. The maximum atomic E-state index is 12.7. The number of benzene rings is 1. The molecule has 0 atom stereocenters. The van der Waals surface area contributed by atoms with E-state index in [4.69, 9.17) is 0 Å². The van der Waals surface area contributed by atoms with Crippen molar-refractivity contribution in [1.82, 2.24) is 13.7 Å². The number of carbonyl (C=O) groups is 1. The fraction of sp³-hybridized carbons (Fsp3) is 0.333. The summed E-state index contributed by atoms with van der Waals surface area (Å²) >= 11 is 0. The molecule has 0 N–H and O–H groups in total. The Kier molecular flexibility index (Phi) is 3.72. The number of nitrogens with zero attached hydrogens (tertiary/aromatic N) is 3. The summed E-state index contributed by atoms with van der Waals surface area (Å²) in [6.45, 7) is 6.49. The minimum Gasteiger partial charge on any atom is -0.351 e. The molecule has 0 aliphatic carbocycles. The predicted molar refractivity (Wildman–Crippen MR) is 91.1 cm³/mol. The Labute approximate surface area is 134 Å².